The van der Waals surface area contributed by atoms with Gasteiger partial charge in [0.15, 0.2) is 0 Å². The van der Waals surface area contributed by atoms with E-state index in [1.807, 2.05) is 6.07 Å². The number of fused-ring (bicyclic) bond motifs is 1. The maximum Gasteiger partial charge on any atom is 0.255 e. The number of thiazole rings is 1. The number of rotatable bonds is 4. The number of nitrogens with zero attached hydrogens (tertiary/aromatic N) is 2. The van der Waals surface area contributed by atoms with Gasteiger partial charge in [-0.2, -0.15) is 4.31 Å². The number of piperidine rings is 1. The number of hydrogen-bond donors (Lipinski definition) is 1. The monoisotopic (exact) mass is 429 g/mol. The van der Waals surface area contributed by atoms with E-state index in [9.17, 15) is 13.2 Å². The zero-order valence-corrected chi connectivity index (χ0v) is 18.0. The predicted octanol–water partition coefficient (Wildman–Crippen LogP) is 4.22. The first-order chi connectivity index (χ1) is 13.8. The molecular weight excluding hydrogens is 406 g/mol. The average molecular weight is 430 g/mol. The molecule has 0 unspecified atom stereocenters. The standard InChI is InChI=1S/C21H23N3O3S2/c1-14-9-15(2)12-24(11-14)29(26,27)18-6-4-17(5-7-18)23-21(25)16-3-8-19-20(10-16)28-13-22-19/h3-8,10,13-15H,9,11-12H2,1-2H3,(H,23,25)/t14-,15-/m0/s1. The van der Waals surface area contributed by atoms with E-state index in [1.54, 1.807) is 46.2 Å². The first kappa shape index (κ1) is 20.0. The average Bonchev–Trinajstić information content (AvgIpc) is 3.15. The first-order valence-electron chi connectivity index (χ1n) is 9.58. The second-order valence-electron chi connectivity index (χ2n) is 7.78. The molecule has 1 saturated heterocycles. The van der Waals surface area contributed by atoms with Gasteiger partial charge in [0.05, 0.1) is 20.6 Å². The van der Waals surface area contributed by atoms with Crippen molar-refractivity contribution in [1.82, 2.24) is 9.29 Å². The van der Waals surface area contributed by atoms with Crippen LogP contribution in [0.25, 0.3) is 10.2 Å². The van der Waals surface area contributed by atoms with E-state index in [4.69, 9.17) is 0 Å². The fourth-order valence-corrected chi connectivity index (χ4v) is 6.26. The van der Waals surface area contributed by atoms with Gasteiger partial charge in [-0.3, -0.25) is 4.79 Å². The predicted molar refractivity (Wildman–Crippen MR) is 116 cm³/mol. The quantitative estimate of drug-likeness (QED) is 0.674. The van der Waals surface area contributed by atoms with Crippen LogP contribution >= 0.6 is 11.3 Å². The molecule has 0 bridgehead atoms. The minimum absolute atomic E-state index is 0.241. The van der Waals surface area contributed by atoms with E-state index >= 15 is 0 Å². The summed E-state index contributed by atoms with van der Waals surface area (Å²) in [4.78, 5) is 17.0. The molecule has 2 atom stereocenters. The molecule has 1 aromatic heterocycles. The molecule has 152 valence electrons. The smallest absolute Gasteiger partial charge is 0.255 e. The van der Waals surface area contributed by atoms with Crippen molar-refractivity contribution in [2.75, 3.05) is 18.4 Å². The highest BCUT2D eigenvalue weighted by molar-refractivity contribution is 7.89. The van der Waals surface area contributed by atoms with Crippen molar-refractivity contribution in [2.24, 2.45) is 11.8 Å². The van der Waals surface area contributed by atoms with Crippen LogP contribution in [0.4, 0.5) is 5.69 Å². The number of carbonyl (C=O) groups excluding carboxylic acids is 1. The molecule has 0 spiro atoms. The number of sulfonamides is 1. The fraction of sp³-hybridized carbons (Fsp3) is 0.333. The first-order valence-corrected chi connectivity index (χ1v) is 11.9. The highest BCUT2D eigenvalue weighted by atomic mass is 32.2. The van der Waals surface area contributed by atoms with E-state index in [0.717, 1.165) is 16.6 Å². The van der Waals surface area contributed by atoms with Crippen molar-refractivity contribution in [3.05, 3.63) is 53.5 Å². The Bertz CT molecular complexity index is 1130. The third kappa shape index (κ3) is 4.19. The van der Waals surface area contributed by atoms with Crippen LogP contribution < -0.4 is 5.32 Å². The normalized spacial score (nSPS) is 20.6. The van der Waals surface area contributed by atoms with E-state index in [1.165, 1.54) is 11.3 Å². The number of anilines is 1. The van der Waals surface area contributed by atoms with Crippen molar-refractivity contribution >= 4 is 43.2 Å². The molecule has 0 radical (unpaired) electrons. The summed E-state index contributed by atoms with van der Waals surface area (Å²) < 4.78 is 28.5. The zero-order chi connectivity index (χ0) is 20.6. The maximum absolute atomic E-state index is 13.0. The third-order valence-corrected chi connectivity index (χ3v) is 7.82. The Balaban J connectivity index is 1.49. The highest BCUT2D eigenvalue weighted by Gasteiger charge is 2.31. The van der Waals surface area contributed by atoms with Crippen molar-refractivity contribution in [3.8, 4) is 0 Å². The Hall–Kier alpha value is -2.29. The van der Waals surface area contributed by atoms with E-state index in [0.29, 0.717) is 36.2 Å². The van der Waals surface area contributed by atoms with Crippen molar-refractivity contribution in [2.45, 2.75) is 25.2 Å². The molecule has 1 fully saturated rings. The summed E-state index contributed by atoms with van der Waals surface area (Å²) in [5.74, 6) is 0.459. The lowest BCUT2D eigenvalue weighted by atomic mass is 9.94. The second-order valence-corrected chi connectivity index (χ2v) is 10.6. The van der Waals surface area contributed by atoms with E-state index < -0.39 is 10.0 Å². The summed E-state index contributed by atoms with van der Waals surface area (Å²) in [5.41, 5.74) is 3.70. The van der Waals surface area contributed by atoms with Crippen LogP contribution in [-0.4, -0.2) is 36.7 Å². The molecule has 2 heterocycles. The van der Waals surface area contributed by atoms with Gasteiger partial charge in [0.1, 0.15) is 0 Å². The van der Waals surface area contributed by atoms with Crippen molar-refractivity contribution < 1.29 is 13.2 Å². The molecule has 4 rings (SSSR count). The molecule has 1 N–H and O–H groups in total. The molecule has 0 aliphatic carbocycles. The van der Waals surface area contributed by atoms with Gasteiger partial charge in [-0.25, -0.2) is 13.4 Å². The molecule has 2 aromatic carbocycles. The second kappa shape index (κ2) is 7.85. The molecule has 8 heteroatoms. The summed E-state index contributed by atoms with van der Waals surface area (Å²) in [6, 6.07) is 11.7. The van der Waals surface area contributed by atoms with Crippen LogP contribution in [0.2, 0.25) is 0 Å². The number of aromatic nitrogens is 1. The van der Waals surface area contributed by atoms with Crippen molar-refractivity contribution in [3.63, 3.8) is 0 Å². The van der Waals surface area contributed by atoms with E-state index in [2.05, 4.69) is 24.1 Å². The molecule has 29 heavy (non-hydrogen) atoms. The fourth-order valence-electron chi connectivity index (χ4n) is 3.86. The minimum atomic E-state index is -3.53. The Morgan fingerprint density at radius 2 is 1.79 bits per heavy atom. The van der Waals surface area contributed by atoms with E-state index in [-0.39, 0.29) is 10.8 Å². The minimum Gasteiger partial charge on any atom is -0.322 e. The van der Waals surface area contributed by atoms with Crippen LogP contribution in [0.3, 0.4) is 0 Å². The number of benzene rings is 2. The van der Waals surface area contributed by atoms with Crippen LogP contribution in [0, 0.1) is 11.8 Å². The van der Waals surface area contributed by atoms with Crippen LogP contribution in [-0.2, 0) is 10.0 Å². The summed E-state index contributed by atoms with van der Waals surface area (Å²) in [6.07, 6.45) is 1.05. The van der Waals surface area contributed by atoms with Gasteiger partial charge in [0, 0.05) is 24.3 Å². The topological polar surface area (TPSA) is 79.4 Å². The van der Waals surface area contributed by atoms with Gasteiger partial charge in [0.25, 0.3) is 5.91 Å². The van der Waals surface area contributed by atoms with Gasteiger partial charge >= 0.3 is 0 Å². The number of amides is 1. The summed E-state index contributed by atoms with van der Waals surface area (Å²) in [5, 5.41) is 2.82. The van der Waals surface area contributed by atoms with Gasteiger partial charge in [-0.1, -0.05) is 13.8 Å². The van der Waals surface area contributed by atoms with Gasteiger partial charge < -0.3 is 5.32 Å². The lowest BCUT2D eigenvalue weighted by Gasteiger charge is -2.34. The number of hydrogen-bond acceptors (Lipinski definition) is 5. The lowest BCUT2D eigenvalue weighted by Crippen LogP contribution is -2.42. The third-order valence-electron chi connectivity index (χ3n) is 5.18. The summed E-state index contributed by atoms with van der Waals surface area (Å²) in [7, 11) is -3.53. The molecular formula is C21H23N3O3S2. The summed E-state index contributed by atoms with van der Waals surface area (Å²) in [6.45, 7) is 5.26. The molecule has 0 saturated carbocycles. The van der Waals surface area contributed by atoms with Crippen LogP contribution in [0.5, 0.6) is 0 Å². The van der Waals surface area contributed by atoms with Gasteiger partial charge in [-0.15, -0.1) is 11.3 Å². The zero-order valence-electron chi connectivity index (χ0n) is 16.3. The Morgan fingerprint density at radius 3 is 2.48 bits per heavy atom. The highest BCUT2D eigenvalue weighted by Crippen LogP contribution is 2.27. The molecule has 6 nitrogen and oxygen atoms in total. The van der Waals surface area contributed by atoms with Crippen LogP contribution in [0.15, 0.2) is 52.9 Å². The lowest BCUT2D eigenvalue weighted by molar-refractivity contribution is 0.102. The molecule has 1 aliphatic rings. The largest absolute Gasteiger partial charge is 0.322 e. The van der Waals surface area contributed by atoms with Crippen molar-refractivity contribution in [1.29, 1.82) is 0 Å². The van der Waals surface area contributed by atoms with Crippen LogP contribution in [0.1, 0.15) is 30.6 Å². The van der Waals surface area contributed by atoms with Gasteiger partial charge in [0.2, 0.25) is 10.0 Å². The number of carbonyl (C=O) groups is 1. The molecule has 1 amide bonds. The Morgan fingerprint density at radius 1 is 1.10 bits per heavy atom. The SMILES string of the molecule is C[C@H]1C[C@H](C)CN(S(=O)(=O)c2ccc(NC(=O)c3ccc4ncsc4c3)cc2)C1. The molecule has 1 aliphatic heterocycles. The summed E-state index contributed by atoms with van der Waals surface area (Å²) >= 11 is 1.48. The molecule has 3 aromatic rings. The van der Waals surface area contributed by atoms with Gasteiger partial charge in [-0.05, 0) is 60.7 Å². The Labute approximate surface area is 174 Å². The Kier molecular flexibility index (Phi) is 5.42. The maximum atomic E-state index is 13.0. The number of nitrogens with one attached hydrogen (secondary N) is 1.